The van der Waals surface area contributed by atoms with Crippen LogP contribution in [0, 0.1) is 0 Å². The maximum atomic E-state index is 12.2. The number of nitrogens with one attached hydrogen (secondary N) is 1. The van der Waals surface area contributed by atoms with Crippen LogP contribution in [0.15, 0.2) is 0 Å². The lowest BCUT2D eigenvalue weighted by Crippen LogP contribution is -2.61. The average molecular weight is 306 g/mol. The molecule has 2 N–H and O–H groups in total. The molecule has 1 heterocycles. The van der Waals surface area contributed by atoms with Gasteiger partial charge in [0.2, 0.25) is 0 Å². The molecule has 0 saturated carbocycles. The Kier molecular flexibility index (Phi) is 5.01. The summed E-state index contributed by atoms with van der Waals surface area (Å²) in [6, 6.07) is -1.08. The second kappa shape index (κ2) is 5.99. The molecule has 7 nitrogen and oxygen atoms in total. The van der Waals surface area contributed by atoms with Crippen molar-refractivity contribution in [1.82, 2.24) is 10.2 Å². The van der Waals surface area contributed by atoms with Crippen molar-refractivity contribution in [3.63, 3.8) is 0 Å². The number of nitrogens with zero attached hydrogens (tertiary/aromatic N) is 1. The smallest absolute Gasteiger partial charge is 0.329 e. The van der Waals surface area contributed by atoms with E-state index in [4.69, 9.17) is 0 Å². The number of carbonyl (C=O) groups excluding carboxylic acids is 1. The molecule has 2 unspecified atom stereocenters. The molecule has 1 aliphatic rings. The molecule has 2 atom stereocenters. The van der Waals surface area contributed by atoms with Gasteiger partial charge >= 0.3 is 12.0 Å². The van der Waals surface area contributed by atoms with Crippen molar-refractivity contribution in [3.05, 3.63) is 0 Å². The molecule has 2 amide bonds. The largest absolute Gasteiger partial charge is 0.480 e. The normalized spacial score (nSPS) is 25.1. The Labute approximate surface area is 119 Å². The molecule has 0 aromatic heterocycles. The molecule has 0 aromatic rings. The maximum absolute atomic E-state index is 12.2. The van der Waals surface area contributed by atoms with Crippen LogP contribution in [-0.4, -0.2) is 60.6 Å². The van der Waals surface area contributed by atoms with Crippen LogP contribution in [0.1, 0.15) is 33.1 Å². The number of hydrogen-bond donors (Lipinski definition) is 2. The molecule has 0 spiro atoms. The first-order chi connectivity index (χ1) is 9.06. The van der Waals surface area contributed by atoms with E-state index in [2.05, 4.69) is 5.32 Å². The standard InChI is InChI=1S/C12H22N2O5S/c1-9(8-20(3,18)19)13-11(17)14-7-5-4-6-12(14,2)10(15)16/h9H,4-8H2,1-3H3,(H,13,17)(H,15,16). The number of amides is 2. The summed E-state index contributed by atoms with van der Waals surface area (Å²) in [5.74, 6) is -1.21. The maximum Gasteiger partial charge on any atom is 0.329 e. The van der Waals surface area contributed by atoms with Crippen LogP contribution in [0.25, 0.3) is 0 Å². The van der Waals surface area contributed by atoms with Gasteiger partial charge in [0.05, 0.1) is 5.75 Å². The van der Waals surface area contributed by atoms with Gasteiger partial charge in [-0.2, -0.15) is 0 Å². The van der Waals surface area contributed by atoms with Crippen molar-refractivity contribution in [2.75, 3.05) is 18.6 Å². The highest BCUT2D eigenvalue weighted by Crippen LogP contribution is 2.28. The van der Waals surface area contributed by atoms with Crippen LogP contribution in [0.4, 0.5) is 4.79 Å². The van der Waals surface area contributed by atoms with Crippen molar-refractivity contribution in [3.8, 4) is 0 Å². The minimum atomic E-state index is -3.19. The number of carboxylic acids is 1. The Hall–Kier alpha value is -1.31. The van der Waals surface area contributed by atoms with Gasteiger partial charge in [0.25, 0.3) is 0 Å². The van der Waals surface area contributed by atoms with E-state index in [1.165, 1.54) is 11.8 Å². The fourth-order valence-corrected chi connectivity index (χ4v) is 3.44. The van der Waals surface area contributed by atoms with Gasteiger partial charge in [-0.25, -0.2) is 18.0 Å². The highest BCUT2D eigenvalue weighted by Gasteiger charge is 2.44. The van der Waals surface area contributed by atoms with E-state index in [1.807, 2.05) is 0 Å². The van der Waals surface area contributed by atoms with Crippen molar-refractivity contribution < 1.29 is 23.1 Å². The van der Waals surface area contributed by atoms with Crippen LogP contribution in [0.3, 0.4) is 0 Å². The minimum Gasteiger partial charge on any atom is -0.480 e. The third-order valence-electron chi connectivity index (χ3n) is 3.52. The number of carbonyl (C=O) groups is 2. The van der Waals surface area contributed by atoms with Crippen LogP contribution in [-0.2, 0) is 14.6 Å². The number of piperidine rings is 1. The molecule has 1 saturated heterocycles. The van der Waals surface area contributed by atoms with Crippen molar-refractivity contribution in [1.29, 1.82) is 0 Å². The summed E-state index contributed by atoms with van der Waals surface area (Å²) in [4.78, 5) is 24.8. The van der Waals surface area contributed by atoms with Gasteiger partial charge in [0.15, 0.2) is 0 Å². The number of rotatable bonds is 4. The highest BCUT2D eigenvalue weighted by molar-refractivity contribution is 7.90. The van der Waals surface area contributed by atoms with Gasteiger partial charge < -0.3 is 15.3 Å². The first kappa shape index (κ1) is 16.7. The number of hydrogen-bond acceptors (Lipinski definition) is 4. The van der Waals surface area contributed by atoms with E-state index in [0.29, 0.717) is 13.0 Å². The van der Waals surface area contributed by atoms with Crippen LogP contribution >= 0.6 is 0 Å². The molecule has 20 heavy (non-hydrogen) atoms. The predicted octanol–water partition coefficient (Wildman–Crippen LogP) is 0.458. The van der Waals surface area contributed by atoms with Gasteiger partial charge in [-0.1, -0.05) is 0 Å². The van der Waals surface area contributed by atoms with Crippen LogP contribution < -0.4 is 5.32 Å². The number of urea groups is 1. The molecule has 1 rings (SSSR count). The van der Waals surface area contributed by atoms with Crippen LogP contribution in [0.2, 0.25) is 0 Å². The van der Waals surface area contributed by atoms with E-state index >= 15 is 0 Å². The number of likely N-dealkylation sites (tertiary alicyclic amines) is 1. The van der Waals surface area contributed by atoms with Gasteiger partial charge in [0.1, 0.15) is 15.4 Å². The second-order valence-electron chi connectivity index (χ2n) is 5.63. The van der Waals surface area contributed by atoms with Gasteiger partial charge in [-0.3, -0.25) is 0 Å². The molecule has 116 valence electrons. The van der Waals surface area contributed by atoms with Crippen LogP contribution in [0.5, 0.6) is 0 Å². The molecular weight excluding hydrogens is 284 g/mol. The number of carboxylic acid groups (broad SMARTS) is 1. The fraction of sp³-hybridized carbons (Fsp3) is 0.833. The lowest BCUT2D eigenvalue weighted by molar-refractivity contribution is -0.150. The zero-order valence-electron chi connectivity index (χ0n) is 12.0. The minimum absolute atomic E-state index is 0.170. The second-order valence-corrected chi connectivity index (χ2v) is 7.82. The van der Waals surface area contributed by atoms with E-state index in [9.17, 15) is 23.1 Å². The Morgan fingerprint density at radius 1 is 1.40 bits per heavy atom. The number of aliphatic carboxylic acids is 1. The molecule has 0 aromatic carbocycles. The summed E-state index contributed by atoms with van der Waals surface area (Å²) in [6.45, 7) is 3.47. The molecule has 0 bridgehead atoms. The molecule has 8 heteroatoms. The monoisotopic (exact) mass is 306 g/mol. The first-order valence-corrected chi connectivity index (χ1v) is 8.61. The Morgan fingerprint density at radius 3 is 2.50 bits per heavy atom. The Bertz CT molecular complexity index is 490. The zero-order valence-corrected chi connectivity index (χ0v) is 12.9. The van der Waals surface area contributed by atoms with E-state index in [1.54, 1.807) is 6.92 Å². The van der Waals surface area contributed by atoms with E-state index in [0.717, 1.165) is 19.1 Å². The Balaban J connectivity index is 2.77. The SMILES string of the molecule is CC(CS(C)(=O)=O)NC(=O)N1CCCCC1(C)C(=O)O. The lowest BCUT2D eigenvalue weighted by Gasteiger charge is -2.41. The van der Waals surface area contributed by atoms with E-state index < -0.39 is 33.4 Å². The topological polar surface area (TPSA) is 104 Å². The zero-order chi connectivity index (χ0) is 15.6. The summed E-state index contributed by atoms with van der Waals surface area (Å²) in [5.41, 5.74) is -1.23. The quantitative estimate of drug-likeness (QED) is 0.785. The summed E-state index contributed by atoms with van der Waals surface area (Å²) in [7, 11) is -3.19. The third-order valence-corrected chi connectivity index (χ3v) is 4.63. The highest BCUT2D eigenvalue weighted by atomic mass is 32.2. The van der Waals surface area contributed by atoms with E-state index in [-0.39, 0.29) is 5.75 Å². The van der Waals surface area contributed by atoms with Gasteiger partial charge in [0, 0.05) is 18.8 Å². The predicted molar refractivity (Wildman–Crippen MR) is 74.3 cm³/mol. The Morgan fingerprint density at radius 2 is 2.00 bits per heavy atom. The van der Waals surface area contributed by atoms with Crippen molar-refractivity contribution in [2.24, 2.45) is 0 Å². The molecule has 1 aliphatic heterocycles. The van der Waals surface area contributed by atoms with Gasteiger partial charge in [-0.05, 0) is 33.1 Å². The molecule has 0 aliphatic carbocycles. The molecule has 1 fully saturated rings. The molecule has 0 radical (unpaired) electrons. The third kappa shape index (κ3) is 4.09. The molecular formula is C12H22N2O5S. The van der Waals surface area contributed by atoms with Crippen molar-refractivity contribution in [2.45, 2.75) is 44.7 Å². The number of sulfone groups is 1. The summed E-state index contributed by atoms with van der Waals surface area (Å²) in [5, 5.41) is 11.9. The lowest BCUT2D eigenvalue weighted by atomic mass is 9.89. The summed E-state index contributed by atoms with van der Waals surface area (Å²) in [6.07, 6.45) is 3.00. The average Bonchev–Trinajstić information content (AvgIpc) is 2.26. The summed E-state index contributed by atoms with van der Waals surface area (Å²) >= 11 is 0. The summed E-state index contributed by atoms with van der Waals surface area (Å²) < 4.78 is 22.4. The fourth-order valence-electron chi connectivity index (χ4n) is 2.45. The van der Waals surface area contributed by atoms with Gasteiger partial charge in [-0.15, -0.1) is 0 Å². The first-order valence-electron chi connectivity index (χ1n) is 6.55. The van der Waals surface area contributed by atoms with Crippen molar-refractivity contribution >= 4 is 21.8 Å².